The van der Waals surface area contributed by atoms with Crippen LogP contribution in [0, 0.1) is 10.6 Å². The van der Waals surface area contributed by atoms with Crippen molar-refractivity contribution >= 4 is 34.9 Å². The van der Waals surface area contributed by atoms with Crippen LogP contribution in [0.1, 0.15) is 45.4 Å². The van der Waals surface area contributed by atoms with Gasteiger partial charge in [0.15, 0.2) is 4.77 Å². The Kier molecular flexibility index (Phi) is 5.61. The van der Waals surface area contributed by atoms with Crippen LogP contribution in [-0.4, -0.2) is 9.55 Å². The van der Waals surface area contributed by atoms with E-state index in [0.717, 1.165) is 24.0 Å². The van der Waals surface area contributed by atoms with Crippen LogP contribution in [0.5, 0.6) is 0 Å². The number of fused-ring (bicyclic) bond motifs is 1. The normalized spacial score (nSPS) is 11.3. The summed E-state index contributed by atoms with van der Waals surface area (Å²) in [6.45, 7) is 3.04. The van der Waals surface area contributed by atoms with E-state index in [9.17, 15) is 4.39 Å². The Hall–Kier alpha value is -0.870. The highest BCUT2D eigenvalue weighted by Gasteiger charge is 2.08. The average Bonchev–Trinajstić information content (AvgIpc) is 2.70. The lowest BCUT2D eigenvalue weighted by Gasteiger charge is -2.05. The Balaban J connectivity index is 2.04. The number of nitrogens with one attached hydrogen (secondary N) is 1. The fourth-order valence-electron chi connectivity index (χ4n) is 2.42. The predicted octanol–water partition coefficient (Wildman–Crippen LogP) is 5.85. The standard InChI is InChI=1S/C15H20ClFN2S/c1-2-3-4-5-6-7-8-19-14-10-12(17)11(16)9-13(14)18-15(19)20/h9-10H,2-8H2,1H3,(H,18,20). The van der Waals surface area contributed by atoms with Crippen molar-refractivity contribution < 1.29 is 4.39 Å². The molecule has 0 spiro atoms. The smallest absolute Gasteiger partial charge is 0.178 e. The molecule has 2 aromatic rings. The number of benzene rings is 1. The molecule has 0 fully saturated rings. The van der Waals surface area contributed by atoms with Crippen molar-refractivity contribution in [3.63, 3.8) is 0 Å². The van der Waals surface area contributed by atoms with Gasteiger partial charge in [-0.3, -0.25) is 0 Å². The molecule has 1 aromatic carbocycles. The van der Waals surface area contributed by atoms with E-state index in [1.165, 1.54) is 38.2 Å². The van der Waals surface area contributed by atoms with Crippen molar-refractivity contribution in [3.05, 3.63) is 27.7 Å². The van der Waals surface area contributed by atoms with Crippen LogP contribution in [0.2, 0.25) is 5.02 Å². The van der Waals surface area contributed by atoms with E-state index in [1.807, 2.05) is 4.57 Å². The molecule has 0 saturated carbocycles. The maximum absolute atomic E-state index is 13.6. The van der Waals surface area contributed by atoms with Gasteiger partial charge in [-0.15, -0.1) is 0 Å². The van der Waals surface area contributed by atoms with Crippen molar-refractivity contribution in [1.82, 2.24) is 9.55 Å². The van der Waals surface area contributed by atoms with Crippen LogP contribution < -0.4 is 0 Å². The lowest BCUT2D eigenvalue weighted by Crippen LogP contribution is -1.98. The van der Waals surface area contributed by atoms with Crippen molar-refractivity contribution in [1.29, 1.82) is 0 Å². The zero-order chi connectivity index (χ0) is 14.5. The summed E-state index contributed by atoms with van der Waals surface area (Å²) in [5.74, 6) is -0.398. The minimum atomic E-state index is -0.398. The molecule has 0 bridgehead atoms. The monoisotopic (exact) mass is 314 g/mol. The second-order valence-electron chi connectivity index (χ2n) is 5.13. The first-order valence-corrected chi connectivity index (χ1v) is 7.99. The Morgan fingerprint density at radius 3 is 2.65 bits per heavy atom. The molecule has 2 nitrogen and oxygen atoms in total. The minimum Gasteiger partial charge on any atom is -0.331 e. The Morgan fingerprint density at radius 2 is 1.90 bits per heavy atom. The van der Waals surface area contributed by atoms with Gasteiger partial charge in [-0.2, -0.15) is 0 Å². The largest absolute Gasteiger partial charge is 0.331 e. The molecule has 0 saturated heterocycles. The molecule has 1 N–H and O–H groups in total. The first-order valence-electron chi connectivity index (χ1n) is 7.21. The van der Waals surface area contributed by atoms with E-state index in [2.05, 4.69) is 11.9 Å². The molecule has 0 aliphatic carbocycles. The highest BCUT2D eigenvalue weighted by Crippen LogP contribution is 2.23. The molecule has 20 heavy (non-hydrogen) atoms. The SMILES string of the molecule is CCCCCCCCn1c(=S)[nH]c2cc(Cl)c(F)cc21. The summed E-state index contributed by atoms with van der Waals surface area (Å²) in [6.07, 6.45) is 7.35. The number of halogens is 2. The maximum Gasteiger partial charge on any atom is 0.178 e. The number of rotatable bonds is 7. The van der Waals surface area contributed by atoms with E-state index < -0.39 is 5.82 Å². The summed E-state index contributed by atoms with van der Waals surface area (Å²) < 4.78 is 16.2. The molecule has 0 aliphatic rings. The first-order chi connectivity index (χ1) is 9.63. The molecule has 0 unspecified atom stereocenters. The van der Waals surface area contributed by atoms with Gasteiger partial charge in [-0.05, 0) is 24.7 Å². The van der Waals surface area contributed by atoms with Crippen LogP contribution in [0.3, 0.4) is 0 Å². The third-order valence-corrected chi connectivity index (χ3v) is 4.16. The summed E-state index contributed by atoms with van der Waals surface area (Å²) in [5.41, 5.74) is 1.60. The number of aromatic nitrogens is 2. The molecule has 1 aromatic heterocycles. The van der Waals surface area contributed by atoms with Gasteiger partial charge in [0.2, 0.25) is 0 Å². The molecule has 5 heteroatoms. The summed E-state index contributed by atoms with van der Waals surface area (Å²) >= 11 is 11.1. The number of H-pyrrole nitrogens is 1. The number of aromatic amines is 1. The molecule has 1 heterocycles. The number of hydrogen-bond donors (Lipinski definition) is 1. The minimum absolute atomic E-state index is 0.125. The molecular formula is C15H20ClFN2S. The summed E-state index contributed by atoms with van der Waals surface area (Å²) in [4.78, 5) is 3.08. The quantitative estimate of drug-likeness (QED) is 0.502. The van der Waals surface area contributed by atoms with Crippen LogP contribution in [0.15, 0.2) is 12.1 Å². The zero-order valence-electron chi connectivity index (χ0n) is 11.7. The van der Waals surface area contributed by atoms with Crippen LogP contribution in [0.25, 0.3) is 11.0 Å². The number of aryl methyl sites for hydroxylation is 1. The van der Waals surface area contributed by atoms with Gasteiger partial charge in [0.1, 0.15) is 5.82 Å². The topological polar surface area (TPSA) is 20.7 Å². The van der Waals surface area contributed by atoms with Gasteiger partial charge in [0, 0.05) is 12.6 Å². The molecule has 0 atom stereocenters. The summed E-state index contributed by atoms with van der Waals surface area (Å²) in [6, 6.07) is 3.06. The van der Waals surface area contributed by atoms with Gasteiger partial charge in [0.05, 0.1) is 16.1 Å². The van der Waals surface area contributed by atoms with E-state index in [4.69, 9.17) is 23.8 Å². The second-order valence-corrected chi connectivity index (χ2v) is 5.93. The van der Waals surface area contributed by atoms with Gasteiger partial charge < -0.3 is 9.55 Å². The molecule has 2 rings (SSSR count). The van der Waals surface area contributed by atoms with Crippen molar-refractivity contribution in [2.45, 2.75) is 52.0 Å². The van der Waals surface area contributed by atoms with Crippen LogP contribution >= 0.6 is 23.8 Å². The maximum atomic E-state index is 13.6. The number of imidazole rings is 1. The van der Waals surface area contributed by atoms with Crippen molar-refractivity contribution in [3.8, 4) is 0 Å². The Labute approximate surface area is 128 Å². The third-order valence-electron chi connectivity index (χ3n) is 3.55. The Morgan fingerprint density at radius 1 is 1.20 bits per heavy atom. The fraction of sp³-hybridized carbons (Fsp3) is 0.533. The highest BCUT2D eigenvalue weighted by atomic mass is 35.5. The molecule has 0 aliphatic heterocycles. The number of hydrogen-bond acceptors (Lipinski definition) is 1. The van der Waals surface area contributed by atoms with Gasteiger partial charge in [0.25, 0.3) is 0 Å². The fourth-order valence-corrected chi connectivity index (χ4v) is 2.89. The third kappa shape index (κ3) is 3.61. The van der Waals surface area contributed by atoms with Gasteiger partial charge in [-0.25, -0.2) is 4.39 Å². The first kappa shape index (κ1) is 15.5. The van der Waals surface area contributed by atoms with Crippen molar-refractivity contribution in [2.24, 2.45) is 0 Å². The van der Waals surface area contributed by atoms with Crippen molar-refractivity contribution in [2.75, 3.05) is 0 Å². The predicted molar refractivity (Wildman–Crippen MR) is 85.5 cm³/mol. The van der Waals surface area contributed by atoms with E-state index in [-0.39, 0.29) is 5.02 Å². The lowest BCUT2D eigenvalue weighted by molar-refractivity contribution is 0.560. The zero-order valence-corrected chi connectivity index (χ0v) is 13.3. The Bertz CT molecular complexity index is 633. The van der Waals surface area contributed by atoms with Gasteiger partial charge >= 0.3 is 0 Å². The van der Waals surface area contributed by atoms with Gasteiger partial charge in [-0.1, -0.05) is 50.6 Å². The number of unbranched alkanes of at least 4 members (excludes halogenated alkanes) is 5. The highest BCUT2D eigenvalue weighted by molar-refractivity contribution is 7.71. The van der Waals surface area contributed by atoms with Crippen LogP contribution in [0.4, 0.5) is 4.39 Å². The molecular weight excluding hydrogens is 295 g/mol. The molecule has 0 amide bonds. The number of nitrogens with zero attached hydrogens (tertiary/aromatic N) is 1. The summed E-state index contributed by atoms with van der Waals surface area (Å²) in [7, 11) is 0. The summed E-state index contributed by atoms with van der Waals surface area (Å²) in [5, 5.41) is 0.125. The van der Waals surface area contributed by atoms with Crippen LogP contribution in [-0.2, 0) is 6.54 Å². The average molecular weight is 315 g/mol. The van der Waals surface area contributed by atoms with E-state index >= 15 is 0 Å². The molecule has 110 valence electrons. The van der Waals surface area contributed by atoms with E-state index in [1.54, 1.807) is 6.07 Å². The molecule has 0 radical (unpaired) electrons. The second kappa shape index (κ2) is 7.23. The van der Waals surface area contributed by atoms with E-state index in [0.29, 0.717) is 4.77 Å². The lowest BCUT2D eigenvalue weighted by atomic mass is 10.1.